The summed E-state index contributed by atoms with van der Waals surface area (Å²) < 4.78 is 5.42. The van der Waals surface area contributed by atoms with E-state index in [1.54, 1.807) is 19.1 Å². The summed E-state index contributed by atoms with van der Waals surface area (Å²) in [6, 6.07) is 24.2. The summed E-state index contributed by atoms with van der Waals surface area (Å²) in [7, 11) is 0. The quantitative estimate of drug-likeness (QED) is 0.348. The number of carbonyl (C=O) groups is 1. The summed E-state index contributed by atoms with van der Waals surface area (Å²) in [5.41, 5.74) is 4.15. The van der Waals surface area contributed by atoms with Crippen LogP contribution in [0.3, 0.4) is 0 Å². The first kappa shape index (κ1) is 20.0. The number of nitrogens with one attached hydrogen (secondary N) is 1. The number of carbonyl (C=O) groups excluding carboxylic acids is 1. The lowest BCUT2D eigenvalue weighted by molar-refractivity contribution is -0.385. The molecule has 1 amide bonds. The second-order valence-electron chi connectivity index (χ2n) is 7.02. The summed E-state index contributed by atoms with van der Waals surface area (Å²) in [5.74, 6) is 0.188. The van der Waals surface area contributed by atoms with Crippen molar-refractivity contribution < 1.29 is 14.2 Å². The Kier molecular flexibility index (Phi) is 5.57. The molecule has 0 radical (unpaired) electrons. The molecule has 0 unspecified atom stereocenters. The number of nitro benzene ring substituents is 1. The first-order chi connectivity index (χ1) is 15.0. The van der Waals surface area contributed by atoms with Gasteiger partial charge in [-0.25, -0.2) is 0 Å². The lowest BCUT2D eigenvalue weighted by Crippen LogP contribution is -2.24. The third kappa shape index (κ3) is 4.35. The van der Waals surface area contributed by atoms with E-state index in [2.05, 4.69) is 10.5 Å². The number of amides is 1. The van der Waals surface area contributed by atoms with Gasteiger partial charge >= 0.3 is 0 Å². The van der Waals surface area contributed by atoms with Crippen LogP contribution >= 0.6 is 0 Å². The molecule has 3 aromatic carbocycles. The van der Waals surface area contributed by atoms with Gasteiger partial charge in [-0.1, -0.05) is 65.8 Å². The first-order valence-corrected chi connectivity index (χ1v) is 9.66. The second kappa shape index (κ2) is 8.62. The topological polar surface area (TPSA) is 98.3 Å². The van der Waals surface area contributed by atoms with Crippen molar-refractivity contribution in [3.8, 4) is 22.5 Å². The largest absolute Gasteiger partial charge is 0.356 e. The zero-order valence-electron chi connectivity index (χ0n) is 16.7. The molecule has 0 atom stereocenters. The predicted octanol–water partition coefficient (Wildman–Crippen LogP) is 5.16. The van der Waals surface area contributed by atoms with Crippen LogP contribution in [-0.2, 0) is 6.54 Å². The van der Waals surface area contributed by atoms with E-state index in [1.165, 1.54) is 12.1 Å². The van der Waals surface area contributed by atoms with Crippen LogP contribution in [0.1, 0.15) is 21.6 Å². The van der Waals surface area contributed by atoms with E-state index in [0.29, 0.717) is 17.0 Å². The molecule has 0 spiro atoms. The van der Waals surface area contributed by atoms with Gasteiger partial charge < -0.3 is 9.84 Å². The molecule has 0 aliphatic rings. The zero-order chi connectivity index (χ0) is 21.8. The fraction of sp³-hybridized carbons (Fsp3) is 0.0833. The minimum Gasteiger partial charge on any atom is -0.356 e. The van der Waals surface area contributed by atoms with Gasteiger partial charge in [0.1, 0.15) is 5.69 Å². The molecule has 0 bridgehead atoms. The fourth-order valence-electron chi connectivity index (χ4n) is 3.32. The van der Waals surface area contributed by atoms with Crippen LogP contribution in [0.5, 0.6) is 0 Å². The van der Waals surface area contributed by atoms with Gasteiger partial charge in [-0.15, -0.1) is 0 Å². The van der Waals surface area contributed by atoms with Crippen LogP contribution in [0, 0.1) is 17.0 Å². The Morgan fingerprint density at radius 1 is 0.968 bits per heavy atom. The molecule has 4 rings (SSSR count). The number of aromatic nitrogens is 1. The molecule has 31 heavy (non-hydrogen) atoms. The number of benzene rings is 3. The van der Waals surface area contributed by atoms with Crippen LogP contribution in [0.15, 0.2) is 83.4 Å². The van der Waals surface area contributed by atoms with E-state index in [-0.39, 0.29) is 17.8 Å². The standard InChI is InChI=1S/C24H19N3O4/c1-16-21(8-5-9-22(16)27(29)30)24(28)25-15-20-14-23(31-26-20)19-12-10-18(11-13-19)17-6-3-2-4-7-17/h2-14H,15H2,1H3,(H,25,28). The van der Waals surface area contributed by atoms with Gasteiger partial charge in [-0.2, -0.15) is 0 Å². The molecule has 1 heterocycles. The maximum atomic E-state index is 12.5. The van der Waals surface area contributed by atoms with Crippen LogP contribution in [0.2, 0.25) is 0 Å². The molecule has 0 saturated heterocycles. The number of rotatable bonds is 6. The lowest BCUT2D eigenvalue weighted by Gasteiger charge is -2.06. The number of nitro groups is 1. The summed E-state index contributed by atoms with van der Waals surface area (Å²) in [6.45, 7) is 1.70. The fourth-order valence-corrected chi connectivity index (χ4v) is 3.32. The van der Waals surface area contributed by atoms with Crippen LogP contribution < -0.4 is 5.32 Å². The summed E-state index contributed by atoms with van der Waals surface area (Å²) in [5, 5.41) is 17.8. The Morgan fingerprint density at radius 2 is 1.65 bits per heavy atom. The maximum absolute atomic E-state index is 12.5. The highest BCUT2D eigenvalue weighted by Gasteiger charge is 2.18. The highest BCUT2D eigenvalue weighted by atomic mass is 16.6. The summed E-state index contributed by atoms with van der Waals surface area (Å²) in [4.78, 5) is 23.0. The molecule has 0 aliphatic carbocycles. The number of nitrogens with zero attached hydrogens (tertiary/aromatic N) is 2. The van der Waals surface area contributed by atoms with E-state index in [4.69, 9.17) is 4.52 Å². The van der Waals surface area contributed by atoms with Crippen LogP contribution in [0.25, 0.3) is 22.5 Å². The Bertz CT molecular complexity index is 1230. The third-order valence-corrected chi connectivity index (χ3v) is 5.01. The zero-order valence-corrected chi connectivity index (χ0v) is 16.7. The summed E-state index contributed by atoms with van der Waals surface area (Å²) in [6.07, 6.45) is 0. The van der Waals surface area contributed by atoms with Gasteiger partial charge in [0, 0.05) is 28.8 Å². The summed E-state index contributed by atoms with van der Waals surface area (Å²) >= 11 is 0. The Morgan fingerprint density at radius 3 is 2.35 bits per heavy atom. The van der Waals surface area contributed by atoms with Crippen molar-refractivity contribution in [3.05, 3.63) is 106 Å². The average molecular weight is 413 g/mol. The maximum Gasteiger partial charge on any atom is 0.273 e. The number of hydrogen-bond donors (Lipinski definition) is 1. The van der Waals surface area contributed by atoms with Crippen LogP contribution in [0.4, 0.5) is 5.69 Å². The SMILES string of the molecule is Cc1c(C(=O)NCc2cc(-c3ccc(-c4ccccc4)cc3)on2)cccc1[N+](=O)[O-]. The van der Waals surface area contributed by atoms with Crippen molar-refractivity contribution in [2.45, 2.75) is 13.5 Å². The highest BCUT2D eigenvalue weighted by molar-refractivity contribution is 5.96. The van der Waals surface area contributed by atoms with Crippen molar-refractivity contribution >= 4 is 11.6 Å². The molecular formula is C24H19N3O4. The lowest BCUT2D eigenvalue weighted by atomic mass is 10.0. The Hall–Kier alpha value is -4.26. The smallest absolute Gasteiger partial charge is 0.273 e. The molecular weight excluding hydrogens is 394 g/mol. The van der Waals surface area contributed by atoms with Gasteiger partial charge in [0.15, 0.2) is 5.76 Å². The third-order valence-electron chi connectivity index (χ3n) is 5.01. The van der Waals surface area contributed by atoms with Gasteiger partial charge in [0.25, 0.3) is 11.6 Å². The van der Waals surface area contributed by atoms with E-state index in [0.717, 1.165) is 16.7 Å². The monoisotopic (exact) mass is 413 g/mol. The van der Waals surface area contributed by atoms with E-state index >= 15 is 0 Å². The van der Waals surface area contributed by atoms with Gasteiger partial charge in [0.05, 0.1) is 11.5 Å². The van der Waals surface area contributed by atoms with Crippen molar-refractivity contribution in [3.63, 3.8) is 0 Å². The predicted molar refractivity (Wildman–Crippen MR) is 116 cm³/mol. The van der Waals surface area contributed by atoms with Crippen molar-refractivity contribution in [2.75, 3.05) is 0 Å². The normalized spacial score (nSPS) is 10.6. The molecule has 7 heteroatoms. The molecule has 1 aromatic heterocycles. The second-order valence-corrected chi connectivity index (χ2v) is 7.02. The van der Waals surface area contributed by atoms with E-state index in [1.807, 2.05) is 54.6 Å². The van der Waals surface area contributed by atoms with Gasteiger partial charge in [-0.3, -0.25) is 14.9 Å². The van der Waals surface area contributed by atoms with Gasteiger partial charge in [-0.05, 0) is 24.1 Å². The molecule has 0 fully saturated rings. The Labute approximate surface area is 178 Å². The molecule has 1 N–H and O–H groups in total. The first-order valence-electron chi connectivity index (χ1n) is 9.66. The molecule has 0 saturated carbocycles. The van der Waals surface area contributed by atoms with Crippen molar-refractivity contribution in [1.29, 1.82) is 0 Å². The highest BCUT2D eigenvalue weighted by Crippen LogP contribution is 2.25. The van der Waals surface area contributed by atoms with Crippen molar-refractivity contribution in [1.82, 2.24) is 10.5 Å². The van der Waals surface area contributed by atoms with Crippen LogP contribution in [-0.4, -0.2) is 16.0 Å². The molecule has 7 nitrogen and oxygen atoms in total. The minimum absolute atomic E-state index is 0.0877. The molecule has 4 aromatic rings. The Balaban J connectivity index is 1.43. The van der Waals surface area contributed by atoms with Crippen molar-refractivity contribution in [2.24, 2.45) is 0 Å². The van der Waals surface area contributed by atoms with E-state index in [9.17, 15) is 14.9 Å². The molecule has 0 aliphatic heterocycles. The number of hydrogen-bond acceptors (Lipinski definition) is 5. The average Bonchev–Trinajstić information content (AvgIpc) is 3.27. The van der Waals surface area contributed by atoms with Gasteiger partial charge in [0.2, 0.25) is 0 Å². The molecule has 154 valence electrons. The minimum atomic E-state index is -0.501. The van der Waals surface area contributed by atoms with E-state index < -0.39 is 10.8 Å².